The Kier molecular flexibility index (Phi) is 6.20. The van der Waals surface area contributed by atoms with E-state index in [2.05, 4.69) is 26.0 Å². The quantitative estimate of drug-likeness (QED) is 0.482. The Bertz CT molecular complexity index is 1250. The SMILES string of the molecule is CNc1cc(Nc2cccn([C@H]3CCCOC3)c2=O)nc2c(C(=O)N[C@@H]3CC[C@H]3OC)cnn12. The molecule has 3 aromatic heterocycles. The molecule has 1 aliphatic carbocycles. The van der Waals surface area contributed by atoms with E-state index in [4.69, 9.17) is 9.47 Å². The van der Waals surface area contributed by atoms with Crippen LogP contribution in [-0.4, -0.2) is 64.6 Å². The van der Waals surface area contributed by atoms with Crippen molar-refractivity contribution in [3.63, 3.8) is 0 Å². The highest BCUT2D eigenvalue weighted by Crippen LogP contribution is 2.25. The predicted octanol–water partition coefficient (Wildman–Crippen LogP) is 1.93. The number of hydrogen-bond donors (Lipinski definition) is 3. The van der Waals surface area contributed by atoms with Gasteiger partial charge in [0.15, 0.2) is 5.65 Å². The number of ether oxygens (including phenoxy) is 2. The molecule has 34 heavy (non-hydrogen) atoms. The van der Waals surface area contributed by atoms with Crippen LogP contribution in [0, 0.1) is 0 Å². The maximum absolute atomic E-state index is 13.1. The van der Waals surface area contributed by atoms with Crippen molar-refractivity contribution < 1.29 is 14.3 Å². The van der Waals surface area contributed by atoms with Gasteiger partial charge >= 0.3 is 0 Å². The zero-order valence-corrected chi connectivity index (χ0v) is 19.3. The zero-order valence-electron chi connectivity index (χ0n) is 19.3. The number of anilines is 3. The number of nitrogens with one attached hydrogen (secondary N) is 3. The second-order valence-corrected chi connectivity index (χ2v) is 8.63. The summed E-state index contributed by atoms with van der Waals surface area (Å²) >= 11 is 0. The van der Waals surface area contributed by atoms with Crippen LogP contribution in [0.15, 0.2) is 35.4 Å². The maximum atomic E-state index is 13.1. The first-order valence-corrected chi connectivity index (χ1v) is 11.5. The van der Waals surface area contributed by atoms with Crippen LogP contribution in [0.4, 0.5) is 17.3 Å². The molecule has 3 N–H and O–H groups in total. The van der Waals surface area contributed by atoms with Crippen molar-refractivity contribution in [1.82, 2.24) is 24.5 Å². The molecule has 0 aromatic carbocycles. The van der Waals surface area contributed by atoms with Gasteiger partial charge in [0.1, 0.15) is 22.9 Å². The van der Waals surface area contributed by atoms with E-state index < -0.39 is 0 Å². The number of carbonyl (C=O) groups is 1. The van der Waals surface area contributed by atoms with Crippen LogP contribution < -0.4 is 21.5 Å². The summed E-state index contributed by atoms with van der Waals surface area (Å²) in [7, 11) is 3.41. The van der Waals surface area contributed by atoms with Gasteiger partial charge in [0.05, 0.1) is 31.0 Å². The first-order chi connectivity index (χ1) is 16.6. The Morgan fingerprint density at radius 3 is 2.88 bits per heavy atom. The molecule has 3 atom stereocenters. The van der Waals surface area contributed by atoms with E-state index in [1.165, 1.54) is 6.20 Å². The highest BCUT2D eigenvalue weighted by atomic mass is 16.5. The molecule has 1 amide bonds. The number of hydrogen-bond acceptors (Lipinski definition) is 8. The predicted molar refractivity (Wildman–Crippen MR) is 127 cm³/mol. The molecule has 1 saturated heterocycles. The van der Waals surface area contributed by atoms with Gasteiger partial charge in [-0.2, -0.15) is 9.61 Å². The third-order valence-corrected chi connectivity index (χ3v) is 6.57. The standard InChI is InChI=1S/C23H29N7O4/c1-24-20-11-19(26-17-6-3-9-29(23(17)32)14-5-4-10-34-13-14)28-21-15(12-25-30(20)21)22(31)27-16-7-8-18(16)33-2/h3,6,9,11-12,14,16,18,24H,4-5,7-8,10,13H2,1-2H3,(H,26,28)(H,27,31)/t14-,16+,18+/m0/s1. The average molecular weight is 468 g/mol. The molecule has 0 bridgehead atoms. The highest BCUT2D eigenvalue weighted by Gasteiger charge is 2.33. The van der Waals surface area contributed by atoms with Gasteiger partial charge in [0.25, 0.3) is 11.5 Å². The van der Waals surface area contributed by atoms with Crippen molar-refractivity contribution in [1.29, 1.82) is 0 Å². The van der Waals surface area contributed by atoms with Gasteiger partial charge in [0.2, 0.25) is 0 Å². The monoisotopic (exact) mass is 467 g/mol. The van der Waals surface area contributed by atoms with Gasteiger partial charge in [-0.05, 0) is 37.8 Å². The van der Waals surface area contributed by atoms with Crippen LogP contribution >= 0.6 is 0 Å². The van der Waals surface area contributed by atoms with Crippen LogP contribution in [0.5, 0.6) is 0 Å². The molecular weight excluding hydrogens is 438 g/mol. The molecule has 2 fully saturated rings. The lowest BCUT2D eigenvalue weighted by Crippen LogP contribution is -2.51. The molecule has 5 rings (SSSR count). The van der Waals surface area contributed by atoms with Crippen LogP contribution in [0.1, 0.15) is 42.1 Å². The summed E-state index contributed by atoms with van der Waals surface area (Å²) in [5.41, 5.74) is 0.992. The number of aromatic nitrogens is 4. The van der Waals surface area contributed by atoms with Crippen molar-refractivity contribution >= 4 is 28.9 Å². The number of rotatable bonds is 7. The van der Waals surface area contributed by atoms with Crippen molar-refractivity contribution in [3.8, 4) is 0 Å². The Morgan fingerprint density at radius 1 is 1.29 bits per heavy atom. The van der Waals surface area contributed by atoms with E-state index in [1.54, 1.807) is 41.6 Å². The van der Waals surface area contributed by atoms with Gasteiger partial charge in [-0.15, -0.1) is 0 Å². The van der Waals surface area contributed by atoms with E-state index in [0.717, 1.165) is 32.3 Å². The Morgan fingerprint density at radius 2 is 2.18 bits per heavy atom. The number of fused-ring (bicyclic) bond motifs is 1. The minimum atomic E-state index is -0.257. The average Bonchev–Trinajstić information content (AvgIpc) is 3.27. The Balaban J connectivity index is 1.44. The first kappa shape index (κ1) is 22.4. The molecule has 11 heteroatoms. The van der Waals surface area contributed by atoms with E-state index in [9.17, 15) is 9.59 Å². The third-order valence-electron chi connectivity index (χ3n) is 6.57. The molecular formula is C23H29N7O4. The summed E-state index contributed by atoms with van der Waals surface area (Å²) in [6.07, 6.45) is 6.94. The molecule has 0 radical (unpaired) electrons. The fraction of sp³-hybridized carbons (Fsp3) is 0.478. The largest absolute Gasteiger partial charge is 0.379 e. The van der Waals surface area contributed by atoms with Crippen molar-refractivity contribution in [2.24, 2.45) is 0 Å². The lowest BCUT2D eigenvalue weighted by molar-refractivity contribution is 0.00732. The lowest BCUT2D eigenvalue weighted by Gasteiger charge is -2.35. The maximum Gasteiger partial charge on any atom is 0.274 e. The van der Waals surface area contributed by atoms with Gasteiger partial charge in [-0.3, -0.25) is 9.59 Å². The molecule has 2 aliphatic rings. The van der Waals surface area contributed by atoms with Gasteiger partial charge < -0.3 is 30.0 Å². The number of carbonyl (C=O) groups excluding carboxylic acids is 1. The van der Waals surface area contributed by atoms with Crippen LogP contribution in [0.3, 0.4) is 0 Å². The van der Waals surface area contributed by atoms with Gasteiger partial charge in [-0.1, -0.05) is 0 Å². The molecule has 4 heterocycles. The van der Waals surface area contributed by atoms with Gasteiger partial charge in [-0.25, -0.2) is 4.98 Å². The summed E-state index contributed by atoms with van der Waals surface area (Å²) in [6.45, 7) is 1.25. The highest BCUT2D eigenvalue weighted by molar-refractivity contribution is 6.00. The Hall–Kier alpha value is -3.44. The minimum absolute atomic E-state index is 0.0128. The summed E-state index contributed by atoms with van der Waals surface area (Å²) in [5.74, 6) is 0.800. The van der Waals surface area contributed by atoms with E-state index in [-0.39, 0.29) is 29.7 Å². The number of amides is 1. The second kappa shape index (κ2) is 9.43. The normalized spacial score (nSPS) is 22.2. The number of nitrogens with zero attached hydrogens (tertiary/aromatic N) is 4. The molecule has 1 aliphatic heterocycles. The lowest BCUT2D eigenvalue weighted by atomic mass is 9.89. The minimum Gasteiger partial charge on any atom is -0.379 e. The zero-order chi connectivity index (χ0) is 23.7. The van der Waals surface area contributed by atoms with Gasteiger partial charge in [0, 0.05) is 33.0 Å². The first-order valence-electron chi connectivity index (χ1n) is 11.5. The topological polar surface area (TPSA) is 124 Å². The van der Waals surface area contributed by atoms with Crippen LogP contribution in [-0.2, 0) is 9.47 Å². The van der Waals surface area contributed by atoms with E-state index in [1.807, 2.05) is 6.07 Å². The van der Waals surface area contributed by atoms with Crippen molar-refractivity contribution in [2.75, 3.05) is 38.0 Å². The third kappa shape index (κ3) is 4.12. The van der Waals surface area contributed by atoms with Crippen molar-refractivity contribution in [2.45, 2.75) is 43.9 Å². The molecule has 180 valence electrons. The van der Waals surface area contributed by atoms with Crippen LogP contribution in [0.2, 0.25) is 0 Å². The Labute approximate surface area is 196 Å². The second-order valence-electron chi connectivity index (χ2n) is 8.63. The fourth-order valence-electron chi connectivity index (χ4n) is 4.50. The smallest absolute Gasteiger partial charge is 0.274 e. The van der Waals surface area contributed by atoms with Crippen LogP contribution in [0.25, 0.3) is 5.65 Å². The van der Waals surface area contributed by atoms with E-state index in [0.29, 0.717) is 35.1 Å². The molecule has 0 unspecified atom stereocenters. The number of methoxy groups -OCH3 is 1. The summed E-state index contributed by atoms with van der Waals surface area (Å²) < 4.78 is 14.2. The van der Waals surface area contributed by atoms with Crippen molar-refractivity contribution in [3.05, 3.63) is 46.5 Å². The molecule has 0 spiro atoms. The summed E-state index contributed by atoms with van der Waals surface area (Å²) in [5, 5.41) is 13.6. The number of pyridine rings is 1. The molecule has 3 aromatic rings. The molecule has 11 nitrogen and oxygen atoms in total. The summed E-state index contributed by atoms with van der Waals surface area (Å²) in [6, 6.07) is 5.29. The summed E-state index contributed by atoms with van der Waals surface area (Å²) in [4.78, 5) is 30.7. The molecule has 1 saturated carbocycles. The van der Waals surface area contributed by atoms with E-state index >= 15 is 0 Å². The fourth-order valence-corrected chi connectivity index (χ4v) is 4.50.